The molecule has 0 aromatic heterocycles. The molecule has 1 aromatic carbocycles. The van der Waals surface area contributed by atoms with Gasteiger partial charge in [-0.05, 0) is 55.5 Å². The molecule has 0 bridgehead atoms. The quantitative estimate of drug-likeness (QED) is 0.827. The van der Waals surface area contributed by atoms with Gasteiger partial charge in [-0.25, -0.2) is 4.39 Å². The SMILES string of the molecule is COc1ccc(CN2CCN(C(=O)CC(C)C3CCCNC3)CC2)cc1F. The molecule has 2 heterocycles. The van der Waals surface area contributed by atoms with Crippen molar-refractivity contribution in [3.05, 3.63) is 29.6 Å². The summed E-state index contributed by atoms with van der Waals surface area (Å²) in [5, 5.41) is 3.44. The molecule has 2 saturated heterocycles. The number of piperazine rings is 1. The van der Waals surface area contributed by atoms with Gasteiger partial charge in [0.1, 0.15) is 0 Å². The van der Waals surface area contributed by atoms with Gasteiger partial charge in [-0.15, -0.1) is 0 Å². The lowest BCUT2D eigenvalue weighted by Gasteiger charge is -2.36. The van der Waals surface area contributed by atoms with E-state index in [9.17, 15) is 9.18 Å². The largest absolute Gasteiger partial charge is 0.494 e. The number of nitrogens with one attached hydrogen (secondary N) is 1. The number of carbonyl (C=O) groups excluding carboxylic acids is 1. The van der Waals surface area contributed by atoms with Gasteiger partial charge >= 0.3 is 0 Å². The lowest BCUT2D eigenvalue weighted by atomic mass is 9.85. The molecular formula is C21H32FN3O2. The van der Waals surface area contributed by atoms with Gasteiger partial charge < -0.3 is 15.0 Å². The van der Waals surface area contributed by atoms with E-state index in [1.807, 2.05) is 11.0 Å². The molecule has 2 aliphatic heterocycles. The highest BCUT2D eigenvalue weighted by molar-refractivity contribution is 5.76. The van der Waals surface area contributed by atoms with E-state index in [4.69, 9.17) is 4.74 Å². The summed E-state index contributed by atoms with van der Waals surface area (Å²) in [6, 6.07) is 5.11. The number of carbonyl (C=O) groups is 1. The third-order valence-electron chi connectivity index (χ3n) is 5.98. The molecule has 2 unspecified atom stereocenters. The van der Waals surface area contributed by atoms with Crippen LogP contribution in [0.1, 0.15) is 31.7 Å². The summed E-state index contributed by atoms with van der Waals surface area (Å²) >= 11 is 0. The Balaban J connectivity index is 1.44. The summed E-state index contributed by atoms with van der Waals surface area (Å²) in [6.07, 6.45) is 3.09. The van der Waals surface area contributed by atoms with E-state index in [0.29, 0.717) is 24.8 Å². The molecular weight excluding hydrogens is 345 g/mol. The molecule has 150 valence electrons. The maximum absolute atomic E-state index is 13.8. The van der Waals surface area contributed by atoms with E-state index in [1.165, 1.54) is 26.0 Å². The van der Waals surface area contributed by atoms with Crippen molar-refractivity contribution in [2.75, 3.05) is 46.4 Å². The van der Waals surface area contributed by atoms with Gasteiger partial charge in [0.2, 0.25) is 5.91 Å². The monoisotopic (exact) mass is 377 g/mol. The zero-order valence-corrected chi connectivity index (χ0v) is 16.5. The highest BCUT2D eigenvalue weighted by Gasteiger charge is 2.26. The molecule has 6 heteroatoms. The minimum absolute atomic E-state index is 0.274. The number of halogens is 1. The fourth-order valence-corrected chi connectivity index (χ4v) is 4.16. The molecule has 0 saturated carbocycles. The number of methoxy groups -OCH3 is 1. The van der Waals surface area contributed by atoms with Crippen LogP contribution in [-0.4, -0.2) is 62.1 Å². The second kappa shape index (κ2) is 9.51. The van der Waals surface area contributed by atoms with Crippen LogP contribution in [0.4, 0.5) is 4.39 Å². The number of nitrogens with zero attached hydrogens (tertiary/aromatic N) is 2. The molecule has 2 atom stereocenters. The van der Waals surface area contributed by atoms with E-state index in [2.05, 4.69) is 17.1 Å². The van der Waals surface area contributed by atoms with Gasteiger partial charge in [0.15, 0.2) is 11.6 Å². The second-order valence-corrected chi connectivity index (χ2v) is 7.91. The first-order valence-electron chi connectivity index (χ1n) is 10.1. The van der Waals surface area contributed by atoms with Crippen LogP contribution >= 0.6 is 0 Å². The van der Waals surface area contributed by atoms with Gasteiger partial charge in [0.05, 0.1) is 7.11 Å². The molecule has 2 fully saturated rings. The molecule has 1 amide bonds. The minimum Gasteiger partial charge on any atom is -0.494 e. The average molecular weight is 378 g/mol. The summed E-state index contributed by atoms with van der Waals surface area (Å²) in [4.78, 5) is 16.9. The van der Waals surface area contributed by atoms with Crippen LogP contribution in [0.5, 0.6) is 5.75 Å². The summed E-state index contributed by atoms with van der Waals surface area (Å²) in [5.41, 5.74) is 0.937. The molecule has 1 N–H and O–H groups in total. The van der Waals surface area contributed by atoms with Crippen molar-refractivity contribution >= 4 is 5.91 Å². The van der Waals surface area contributed by atoms with Gasteiger partial charge in [0, 0.05) is 39.1 Å². The molecule has 5 nitrogen and oxygen atoms in total. The number of hydrogen-bond acceptors (Lipinski definition) is 4. The summed E-state index contributed by atoms with van der Waals surface area (Å²) in [6.45, 7) is 8.24. The van der Waals surface area contributed by atoms with Crippen molar-refractivity contribution in [2.45, 2.75) is 32.7 Å². The fraction of sp³-hybridized carbons (Fsp3) is 0.667. The number of rotatable bonds is 6. The normalized spacial score (nSPS) is 22.5. The Morgan fingerprint density at radius 3 is 2.74 bits per heavy atom. The highest BCUT2D eigenvalue weighted by atomic mass is 19.1. The molecule has 3 rings (SSSR count). The van der Waals surface area contributed by atoms with Crippen molar-refractivity contribution in [2.24, 2.45) is 11.8 Å². The highest BCUT2D eigenvalue weighted by Crippen LogP contribution is 2.24. The molecule has 0 spiro atoms. The summed E-state index contributed by atoms with van der Waals surface area (Å²) < 4.78 is 18.8. The van der Waals surface area contributed by atoms with E-state index in [1.54, 1.807) is 6.07 Å². The van der Waals surface area contributed by atoms with Crippen molar-refractivity contribution in [1.82, 2.24) is 15.1 Å². The molecule has 2 aliphatic rings. The second-order valence-electron chi connectivity index (χ2n) is 7.91. The third kappa shape index (κ3) is 5.42. The van der Waals surface area contributed by atoms with Crippen LogP contribution in [0, 0.1) is 17.7 Å². The lowest BCUT2D eigenvalue weighted by molar-refractivity contribution is -0.134. The van der Waals surface area contributed by atoms with Gasteiger partial charge in [-0.1, -0.05) is 13.0 Å². The number of benzene rings is 1. The number of ether oxygens (including phenoxy) is 1. The van der Waals surface area contributed by atoms with Gasteiger partial charge in [-0.3, -0.25) is 9.69 Å². The van der Waals surface area contributed by atoms with E-state index in [0.717, 1.165) is 44.8 Å². The summed E-state index contributed by atoms with van der Waals surface area (Å²) in [5.74, 6) is 1.29. The average Bonchev–Trinajstić information content (AvgIpc) is 2.69. The Hall–Kier alpha value is -1.66. The minimum atomic E-state index is -0.324. The molecule has 1 aromatic rings. The Morgan fingerprint density at radius 1 is 1.33 bits per heavy atom. The van der Waals surface area contributed by atoms with Crippen LogP contribution in [0.2, 0.25) is 0 Å². The number of hydrogen-bond donors (Lipinski definition) is 1. The fourth-order valence-electron chi connectivity index (χ4n) is 4.16. The maximum atomic E-state index is 13.8. The zero-order valence-electron chi connectivity index (χ0n) is 16.5. The smallest absolute Gasteiger partial charge is 0.222 e. The zero-order chi connectivity index (χ0) is 19.2. The van der Waals surface area contributed by atoms with Crippen LogP contribution in [0.15, 0.2) is 18.2 Å². The van der Waals surface area contributed by atoms with Crippen molar-refractivity contribution in [3.63, 3.8) is 0 Å². The number of amides is 1. The Morgan fingerprint density at radius 2 is 2.11 bits per heavy atom. The van der Waals surface area contributed by atoms with Gasteiger partial charge in [-0.2, -0.15) is 0 Å². The first-order chi connectivity index (χ1) is 13.1. The molecule has 0 radical (unpaired) electrons. The van der Waals surface area contributed by atoms with Crippen LogP contribution < -0.4 is 10.1 Å². The lowest BCUT2D eigenvalue weighted by Crippen LogP contribution is -2.48. The first kappa shape index (κ1) is 20.1. The van der Waals surface area contributed by atoms with Crippen LogP contribution in [0.3, 0.4) is 0 Å². The first-order valence-corrected chi connectivity index (χ1v) is 10.1. The predicted octanol–water partition coefficient (Wildman–Crippen LogP) is 2.50. The van der Waals surface area contributed by atoms with Gasteiger partial charge in [0.25, 0.3) is 0 Å². The topological polar surface area (TPSA) is 44.8 Å². The Labute approximate surface area is 161 Å². The summed E-state index contributed by atoms with van der Waals surface area (Å²) in [7, 11) is 1.47. The van der Waals surface area contributed by atoms with Crippen LogP contribution in [0.25, 0.3) is 0 Å². The Kier molecular flexibility index (Phi) is 7.07. The van der Waals surface area contributed by atoms with E-state index < -0.39 is 0 Å². The van der Waals surface area contributed by atoms with Crippen molar-refractivity contribution in [1.29, 1.82) is 0 Å². The molecule has 27 heavy (non-hydrogen) atoms. The maximum Gasteiger partial charge on any atom is 0.222 e. The van der Waals surface area contributed by atoms with E-state index in [-0.39, 0.29) is 17.5 Å². The predicted molar refractivity (Wildman–Crippen MR) is 104 cm³/mol. The Bertz CT molecular complexity index is 626. The third-order valence-corrected chi connectivity index (χ3v) is 5.98. The van der Waals surface area contributed by atoms with Crippen LogP contribution in [-0.2, 0) is 11.3 Å². The van der Waals surface area contributed by atoms with Crippen molar-refractivity contribution in [3.8, 4) is 5.75 Å². The van der Waals surface area contributed by atoms with E-state index >= 15 is 0 Å². The standard InChI is InChI=1S/C21H32FN3O2/c1-16(18-4-3-7-23-14-18)12-21(26)25-10-8-24(9-11-25)15-17-5-6-20(27-2)19(22)13-17/h5-6,13,16,18,23H,3-4,7-12,14-15H2,1-2H3. The molecule has 0 aliphatic carbocycles. The van der Waals surface area contributed by atoms with Crippen molar-refractivity contribution < 1.29 is 13.9 Å². The number of piperidine rings is 1.